The molecule has 164 valence electrons. The highest BCUT2D eigenvalue weighted by Gasteiger charge is 2.52. The first kappa shape index (κ1) is 20.0. The van der Waals surface area contributed by atoms with E-state index in [1.54, 1.807) is 0 Å². The van der Waals surface area contributed by atoms with E-state index in [1.807, 2.05) is 33.7 Å². The zero-order chi connectivity index (χ0) is 21.4. The van der Waals surface area contributed by atoms with Crippen LogP contribution in [0.4, 0.5) is 4.79 Å². The number of imide groups is 1. The summed E-state index contributed by atoms with van der Waals surface area (Å²) in [7, 11) is 0. The van der Waals surface area contributed by atoms with Gasteiger partial charge in [0.1, 0.15) is 11.4 Å². The molecule has 3 fully saturated rings. The lowest BCUT2D eigenvalue weighted by atomic mass is 9.96. The number of rotatable bonds is 5. The van der Waals surface area contributed by atoms with Crippen LogP contribution in [0.5, 0.6) is 0 Å². The summed E-state index contributed by atoms with van der Waals surface area (Å²) >= 11 is 0. The Labute approximate surface area is 180 Å². The Bertz CT molecular complexity index is 1010. The van der Waals surface area contributed by atoms with Gasteiger partial charge in [-0.25, -0.2) is 4.79 Å². The molecule has 2 aromatic heterocycles. The van der Waals surface area contributed by atoms with Crippen LogP contribution in [0.3, 0.4) is 0 Å². The van der Waals surface area contributed by atoms with Crippen LogP contribution >= 0.6 is 0 Å². The smallest absolute Gasteiger partial charge is 0.325 e. The Balaban J connectivity index is 1.16. The largest absolute Gasteiger partial charge is 0.342 e. The third-order valence-electron chi connectivity index (χ3n) is 6.95. The number of nitrogens with one attached hydrogen (secondary N) is 1. The van der Waals surface area contributed by atoms with Crippen LogP contribution in [0, 0.1) is 0 Å². The summed E-state index contributed by atoms with van der Waals surface area (Å²) in [6.07, 6.45) is 8.06. The maximum Gasteiger partial charge on any atom is 0.325 e. The fourth-order valence-corrected chi connectivity index (χ4v) is 5.30. The first-order chi connectivity index (χ1) is 15.1. The highest BCUT2D eigenvalue weighted by molar-refractivity contribution is 6.07. The van der Waals surface area contributed by atoms with Crippen LogP contribution in [0.25, 0.3) is 5.65 Å². The molecule has 9 nitrogen and oxygen atoms in total. The summed E-state index contributed by atoms with van der Waals surface area (Å²) in [5.41, 5.74) is 0.136. The van der Waals surface area contributed by atoms with E-state index in [9.17, 15) is 14.4 Å². The van der Waals surface area contributed by atoms with Crippen molar-refractivity contribution in [2.75, 3.05) is 19.6 Å². The monoisotopic (exact) mass is 424 g/mol. The van der Waals surface area contributed by atoms with E-state index >= 15 is 0 Å². The summed E-state index contributed by atoms with van der Waals surface area (Å²) in [5, 5.41) is 11.5. The molecular formula is C22H28N6O3. The molecule has 2 aliphatic heterocycles. The van der Waals surface area contributed by atoms with E-state index in [4.69, 9.17) is 0 Å². The number of fused-ring (bicyclic) bond motifs is 1. The molecule has 9 heteroatoms. The van der Waals surface area contributed by atoms with Crippen LogP contribution < -0.4 is 5.32 Å². The Morgan fingerprint density at radius 1 is 1.16 bits per heavy atom. The second-order valence-corrected chi connectivity index (χ2v) is 8.95. The number of amides is 4. The zero-order valence-corrected chi connectivity index (χ0v) is 17.6. The van der Waals surface area contributed by atoms with Crippen LogP contribution in [0.15, 0.2) is 24.4 Å². The van der Waals surface area contributed by atoms with Gasteiger partial charge in [0.25, 0.3) is 5.91 Å². The van der Waals surface area contributed by atoms with Crippen molar-refractivity contribution in [1.82, 2.24) is 29.7 Å². The second-order valence-electron chi connectivity index (χ2n) is 8.95. The molecule has 2 saturated heterocycles. The minimum Gasteiger partial charge on any atom is -0.342 e. The highest BCUT2D eigenvalue weighted by Crippen LogP contribution is 2.35. The van der Waals surface area contributed by atoms with Gasteiger partial charge in [-0.05, 0) is 44.2 Å². The second kappa shape index (κ2) is 7.94. The lowest BCUT2D eigenvalue weighted by molar-refractivity contribution is -0.134. The average molecular weight is 425 g/mol. The van der Waals surface area contributed by atoms with E-state index in [0.29, 0.717) is 25.9 Å². The van der Waals surface area contributed by atoms with Gasteiger partial charge in [0, 0.05) is 38.2 Å². The van der Waals surface area contributed by atoms with Gasteiger partial charge in [-0.1, -0.05) is 18.9 Å². The maximum absolute atomic E-state index is 12.8. The minimum absolute atomic E-state index is 0.0705. The van der Waals surface area contributed by atoms with Crippen LogP contribution in [-0.2, 0) is 9.59 Å². The number of hydrogen-bond acceptors (Lipinski definition) is 5. The predicted octanol–water partition coefficient (Wildman–Crippen LogP) is 2.08. The van der Waals surface area contributed by atoms with Gasteiger partial charge >= 0.3 is 6.03 Å². The summed E-state index contributed by atoms with van der Waals surface area (Å²) in [6, 6.07) is 5.51. The number of urea groups is 1. The molecule has 5 rings (SSSR count). The molecule has 0 bridgehead atoms. The van der Waals surface area contributed by atoms with Crippen LogP contribution in [0.1, 0.15) is 63.1 Å². The van der Waals surface area contributed by atoms with Gasteiger partial charge in [0.05, 0.1) is 0 Å². The van der Waals surface area contributed by atoms with E-state index in [-0.39, 0.29) is 23.8 Å². The molecular weight excluding hydrogens is 396 g/mol. The lowest BCUT2D eigenvalue weighted by Crippen LogP contribution is -2.44. The molecule has 1 atom stereocenters. The van der Waals surface area contributed by atoms with Crippen molar-refractivity contribution in [1.29, 1.82) is 0 Å². The molecule has 1 spiro atoms. The molecule has 2 aromatic rings. The number of piperidine rings is 1. The minimum atomic E-state index is -0.678. The molecule has 0 radical (unpaired) electrons. The van der Waals surface area contributed by atoms with Crippen molar-refractivity contribution < 1.29 is 14.4 Å². The summed E-state index contributed by atoms with van der Waals surface area (Å²) in [6.45, 7) is 1.66. The molecule has 1 saturated carbocycles. The van der Waals surface area contributed by atoms with E-state index in [1.165, 1.54) is 4.90 Å². The Kier molecular flexibility index (Phi) is 5.11. The molecule has 0 aromatic carbocycles. The van der Waals surface area contributed by atoms with Crippen LogP contribution in [-0.4, -0.2) is 67.4 Å². The first-order valence-electron chi connectivity index (χ1n) is 11.3. The first-order valence-corrected chi connectivity index (χ1v) is 11.3. The van der Waals surface area contributed by atoms with E-state index < -0.39 is 5.54 Å². The average Bonchev–Trinajstić information content (AvgIpc) is 3.49. The van der Waals surface area contributed by atoms with Gasteiger partial charge in [0.15, 0.2) is 5.65 Å². The lowest BCUT2D eigenvalue weighted by Gasteiger charge is -2.32. The Morgan fingerprint density at radius 2 is 2.00 bits per heavy atom. The van der Waals surface area contributed by atoms with Gasteiger partial charge in [-0.15, -0.1) is 10.2 Å². The normalized spacial score (nSPS) is 23.2. The van der Waals surface area contributed by atoms with E-state index in [2.05, 4.69) is 15.5 Å². The predicted molar refractivity (Wildman–Crippen MR) is 112 cm³/mol. The quantitative estimate of drug-likeness (QED) is 0.741. The van der Waals surface area contributed by atoms with E-state index in [0.717, 1.165) is 56.5 Å². The topological polar surface area (TPSA) is 99.9 Å². The Hall–Kier alpha value is -2.97. The van der Waals surface area contributed by atoms with Crippen molar-refractivity contribution >= 4 is 23.5 Å². The number of hydrogen-bond donors (Lipinski definition) is 1. The third-order valence-corrected chi connectivity index (χ3v) is 6.95. The number of aromatic nitrogens is 3. The van der Waals surface area contributed by atoms with Gasteiger partial charge in [-0.2, -0.15) is 0 Å². The van der Waals surface area contributed by atoms with Gasteiger partial charge in [0.2, 0.25) is 5.91 Å². The molecule has 1 N–H and O–H groups in total. The van der Waals surface area contributed by atoms with Crippen molar-refractivity contribution in [3.8, 4) is 0 Å². The molecule has 1 aliphatic carbocycles. The number of carbonyl (C=O) groups is 3. The fourth-order valence-electron chi connectivity index (χ4n) is 5.30. The summed E-state index contributed by atoms with van der Waals surface area (Å²) < 4.78 is 2.00. The van der Waals surface area contributed by atoms with Crippen LogP contribution in [0.2, 0.25) is 0 Å². The van der Waals surface area contributed by atoms with Crippen molar-refractivity contribution in [2.45, 2.75) is 62.8 Å². The summed E-state index contributed by atoms with van der Waals surface area (Å²) in [4.78, 5) is 41.1. The van der Waals surface area contributed by atoms with Gasteiger partial charge < -0.3 is 10.2 Å². The molecule has 0 unspecified atom stereocenters. The molecule has 4 amide bonds. The molecule has 3 aliphatic rings. The van der Waals surface area contributed by atoms with Crippen molar-refractivity contribution in [3.05, 3.63) is 30.2 Å². The summed E-state index contributed by atoms with van der Waals surface area (Å²) in [5.74, 6) is 1.01. The number of likely N-dealkylation sites (tertiary alicyclic amines) is 1. The van der Waals surface area contributed by atoms with Crippen molar-refractivity contribution in [2.24, 2.45) is 0 Å². The maximum atomic E-state index is 12.8. The van der Waals surface area contributed by atoms with Crippen molar-refractivity contribution in [3.63, 3.8) is 0 Å². The standard InChI is InChI=1S/C22H28N6O3/c29-18(9-6-14-28-20(30)22(23-21(28)31)10-2-3-11-22)26-12-5-7-16(15-26)19-25-24-17-8-1-4-13-27(17)19/h1,4,8,13,16H,2-3,5-7,9-12,14-15H2,(H,23,31)/t16-/m0/s1. The number of carbonyl (C=O) groups excluding carboxylic acids is 3. The molecule has 31 heavy (non-hydrogen) atoms. The molecule has 4 heterocycles. The fraction of sp³-hybridized carbons (Fsp3) is 0.591. The number of nitrogens with zero attached hydrogens (tertiary/aromatic N) is 5. The number of pyridine rings is 1. The third kappa shape index (κ3) is 3.55. The van der Waals surface area contributed by atoms with Gasteiger partial charge in [-0.3, -0.25) is 18.9 Å². The highest BCUT2D eigenvalue weighted by atomic mass is 16.2. The SMILES string of the molecule is O=C(CCCN1C(=O)NC2(CCCC2)C1=O)N1CCC[C@H](c2nnc3ccccn23)C1. The Morgan fingerprint density at radius 3 is 2.84 bits per heavy atom. The zero-order valence-electron chi connectivity index (χ0n) is 17.6.